The molecule has 1 heterocycles. The Morgan fingerprint density at radius 3 is 2.50 bits per heavy atom. The average Bonchev–Trinajstić information content (AvgIpc) is 2.82. The molecule has 1 N–H and O–H groups in total. The summed E-state index contributed by atoms with van der Waals surface area (Å²) in [7, 11) is 1.63. The lowest BCUT2D eigenvalue weighted by Crippen LogP contribution is -2.03. The standard InChI is InChI=1S/C15H16O4S/c1-10-13(15(16)17)9-20-14(10)11-3-5-12(6-4-11)19-8-7-18-2/h3-6,9H,7-8H2,1-2H3,(H,16,17). The lowest BCUT2D eigenvalue weighted by molar-refractivity contribution is 0.0697. The zero-order chi connectivity index (χ0) is 14.5. The van der Waals surface area contributed by atoms with Crippen LogP contribution in [0.4, 0.5) is 0 Å². The molecule has 0 unspecified atom stereocenters. The van der Waals surface area contributed by atoms with Crippen molar-refractivity contribution in [3.63, 3.8) is 0 Å². The Hall–Kier alpha value is -1.85. The van der Waals surface area contributed by atoms with E-state index in [9.17, 15) is 4.79 Å². The zero-order valence-electron chi connectivity index (χ0n) is 11.4. The van der Waals surface area contributed by atoms with Gasteiger partial charge in [0.2, 0.25) is 0 Å². The van der Waals surface area contributed by atoms with E-state index in [0.29, 0.717) is 18.8 Å². The van der Waals surface area contributed by atoms with Gasteiger partial charge in [-0.25, -0.2) is 4.79 Å². The molecule has 4 nitrogen and oxygen atoms in total. The molecule has 106 valence electrons. The first-order valence-electron chi connectivity index (χ1n) is 6.17. The fourth-order valence-corrected chi connectivity index (χ4v) is 2.93. The highest BCUT2D eigenvalue weighted by molar-refractivity contribution is 7.14. The zero-order valence-corrected chi connectivity index (χ0v) is 12.2. The van der Waals surface area contributed by atoms with Crippen LogP contribution in [0.1, 0.15) is 15.9 Å². The summed E-state index contributed by atoms with van der Waals surface area (Å²) in [4.78, 5) is 12.0. The van der Waals surface area contributed by atoms with Gasteiger partial charge in [-0.3, -0.25) is 0 Å². The van der Waals surface area contributed by atoms with Crippen LogP contribution in [-0.2, 0) is 4.74 Å². The van der Waals surface area contributed by atoms with Gasteiger partial charge in [-0.2, -0.15) is 0 Å². The summed E-state index contributed by atoms with van der Waals surface area (Å²) in [5.74, 6) is -0.108. The van der Waals surface area contributed by atoms with Gasteiger partial charge in [0.05, 0.1) is 12.2 Å². The van der Waals surface area contributed by atoms with Gasteiger partial charge in [-0.1, -0.05) is 0 Å². The number of hydrogen-bond acceptors (Lipinski definition) is 4. The van der Waals surface area contributed by atoms with Crippen molar-refractivity contribution >= 4 is 17.3 Å². The van der Waals surface area contributed by atoms with Gasteiger partial charge in [-0.15, -0.1) is 11.3 Å². The second kappa shape index (κ2) is 6.54. The van der Waals surface area contributed by atoms with E-state index >= 15 is 0 Å². The van der Waals surface area contributed by atoms with Crippen molar-refractivity contribution < 1.29 is 19.4 Å². The molecule has 0 atom stereocenters. The number of carboxylic acid groups (broad SMARTS) is 1. The molecule has 0 aliphatic carbocycles. The molecule has 0 saturated heterocycles. The first-order valence-corrected chi connectivity index (χ1v) is 7.05. The molecule has 2 aromatic rings. The molecule has 0 amide bonds. The maximum atomic E-state index is 11.0. The van der Waals surface area contributed by atoms with Crippen LogP contribution < -0.4 is 4.74 Å². The van der Waals surface area contributed by atoms with Crippen molar-refractivity contribution in [1.82, 2.24) is 0 Å². The van der Waals surface area contributed by atoms with E-state index in [-0.39, 0.29) is 0 Å². The molecule has 0 saturated carbocycles. The number of methoxy groups -OCH3 is 1. The lowest BCUT2D eigenvalue weighted by atomic mass is 10.1. The van der Waals surface area contributed by atoms with E-state index in [1.807, 2.05) is 31.2 Å². The Balaban J connectivity index is 2.16. The number of benzene rings is 1. The highest BCUT2D eigenvalue weighted by Crippen LogP contribution is 2.33. The third-order valence-corrected chi connectivity index (χ3v) is 4.07. The monoisotopic (exact) mass is 292 g/mol. The van der Waals surface area contributed by atoms with Crippen LogP contribution in [0, 0.1) is 6.92 Å². The van der Waals surface area contributed by atoms with Gasteiger partial charge in [0.25, 0.3) is 0 Å². The molecule has 0 aliphatic heterocycles. The molecule has 1 aromatic carbocycles. The van der Waals surface area contributed by atoms with E-state index in [1.165, 1.54) is 11.3 Å². The summed E-state index contributed by atoms with van der Waals surface area (Å²) in [5, 5.41) is 10.7. The van der Waals surface area contributed by atoms with E-state index in [1.54, 1.807) is 12.5 Å². The van der Waals surface area contributed by atoms with Crippen LogP contribution >= 0.6 is 11.3 Å². The van der Waals surface area contributed by atoms with Crippen molar-refractivity contribution in [1.29, 1.82) is 0 Å². The summed E-state index contributed by atoms with van der Waals surface area (Å²) in [5.41, 5.74) is 2.17. The minimum absolute atomic E-state index is 0.366. The van der Waals surface area contributed by atoms with Crippen LogP contribution in [0.5, 0.6) is 5.75 Å². The number of hydrogen-bond donors (Lipinski definition) is 1. The molecule has 5 heteroatoms. The summed E-state index contributed by atoms with van der Waals surface area (Å²) in [6.45, 7) is 2.89. The van der Waals surface area contributed by atoms with E-state index in [2.05, 4.69) is 0 Å². The van der Waals surface area contributed by atoms with Crippen molar-refractivity contribution in [3.8, 4) is 16.2 Å². The second-order valence-corrected chi connectivity index (χ2v) is 5.15. The van der Waals surface area contributed by atoms with Gasteiger partial charge in [0, 0.05) is 17.4 Å². The number of carbonyl (C=O) groups is 1. The Morgan fingerprint density at radius 2 is 1.95 bits per heavy atom. The van der Waals surface area contributed by atoms with Crippen LogP contribution in [0.2, 0.25) is 0 Å². The lowest BCUT2D eigenvalue weighted by Gasteiger charge is -2.06. The highest BCUT2D eigenvalue weighted by Gasteiger charge is 2.14. The largest absolute Gasteiger partial charge is 0.491 e. The third-order valence-electron chi connectivity index (χ3n) is 2.94. The fourth-order valence-electron chi connectivity index (χ4n) is 1.86. The molecular weight excluding hydrogens is 276 g/mol. The van der Waals surface area contributed by atoms with E-state index in [0.717, 1.165) is 21.8 Å². The molecule has 1 aromatic heterocycles. The van der Waals surface area contributed by atoms with E-state index < -0.39 is 5.97 Å². The second-order valence-electron chi connectivity index (χ2n) is 4.27. The van der Waals surface area contributed by atoms with Gasteiger partial charge in [0.15, 0.2) is 0 Å². The molecule has 0 aliphatic rings. The third kappa shape index (κ3) is 3.18. The predicted octanol–water partition coefficient (Wildman–Crippen LogP) is 3.45. The SMILES string of the molecule is COCCOc1ccc(-c2scc(C(=O)O)c2C)cc1. The molecule has 2 rings (SSSR count). The minimum Gasteiger partial charge on any atom is -0.491 e. The maximum Gasteiger partial charge on any atom is 0.336 e. The summed E-state index contributed by atoms with van der Waals surface area (Å²) in [6.07, 6.45) is 0. The van der Waals surface area contributed by atoms with Crippen LogP contribution in [0.25, 0.3) is 10.4 Å². The predicted molar refractivity (Wildman–Crippen MR) is 78.8 cm³/mol. The van der Waals surface area contributed by atoms with Crippen molar-refractivity contribution in [2.75, 3.05) is 20.3 Å². The Bertz CT molecular complexity index is 586. The number of rotatable bonds is 6. The van der Waals surface area contributed by atoms with Crippen molar-refractivity contribution in [2.24, 2.45) is 0 Å². The fraction of sp³-hybridized carbons (Fsp3) is 0.267. The quantitative estimate of drug-likeness (QED) is 0.829. The van der Waals surface area contributed by atoms with E-state index in [4.69, 9.17) is 14.6 Å². The average molecular weight is 292 g/mol. The molecule has 0 bridgehead atoms. The first kappa shape index (κ1) is 14.6. The Morgan fingerprint density at radius 1 is 1.25 bits per heavy atom. The smallest absolute Gasteiger partial charge is 0.336 e. The van der Waals surface area contributed by atoms with Crippen LogP contribution in [0.15, 0.2) is 29.6 Å². The van der Waals surface area contributed by atoms with Gasteiger partial charge in [-0.05, 0) is 42.3 Å². The summed E-state index contributed by atoms with van der Waals surface area (Å²) < 4.78 is 10.4. The van der Waals surface area contributed by atoms with Crippen molar-refractivity contribution in [3.05, 3.63) is 40.8 Å². The van der Waals surface area contributed by atoms with Gasteiger partial charge in [0.1, 0.15) is 12.4 Å². The van der Waals surface area contributed by atoms with Crippen LogP contribution in [0.3, 0.4) is 0 Å². The first-order chi connectivity index (χ1) is 9.63. The number of aromatic carboxylic acids is 1. The molecule has 0 fully saturated rings. The summed E-state index contributed by atoms with van der Waals surface area (Å²) >= 11 is 1.44. The molecule has 0 radical (unpaired) electrons. The van der Waals surface area contributed by atoms with Gasteiger partial charge >= 0.3 is 5.97 Å². The number of ether oxygens (including phenoxy) is 2. The Labute approximate surface area is 121 Å². The normalized spacial score (nSPS) is 10.5. The molecular formula is C15H16O4S. The summed E-state index contributed by atoms with van der Waals surface area (Å²) in [6, 6.07) is 7.63. The number of thiophene rings is 1. The van der Waals surface area contributed by atoms with Crippen LogP contribution in [-0.4, -0.2) is 31.4 Å². The number of carboxylic acids is 1. The Kier molecular flexibility index (Phi) is 4.76. The van der Waals surface area contributed by atoms with Crippen molar-refractivity contribution in [2.45, 2.75) is 6.92 Å². The highest BCUT2D eigenvalue weighted by atomic mass is 32.1. The maximum absolute atomic E-state index is 11.0. The topological polar surface area (TPSA) is 55.8 Å². The van der Waals surface area contributed by atoms with Gasteiger partial charge < -0.3 is 14.6 Å². The molecule has 0 spiro atoms. The minimum atomic E-state index is -0.885. The molecule has 20 heavy (non-hydrogen) atoms.